The summed E-state index contributed by atoms with van der Waals surface area (Å²) < 4.78 is 0. The van der Waals surface area contributed by atoms with E-state index in [-0.39, 0.29) is 0 Å². The van der Waals surface area contributed by atoms with Crippen LogP contribution in [0.5, 0.6) is 0 Å². The molecule has 0 saturated carbocycles. The Hall–Kier alpha value is -1.80. The first kappa shape index (κ1) is 12.9. The van der Waals surface area contributed by atoms with E-state index in [0.29, 0.717) is 12.0 Å². The highest BCUT2D eigenvalue weighted by molar-refractivity contribution is 5.61. The summed E-state index contributed by atoms with van der Waals surface area (Å²) in [6.45, 7) is 2.32. The van der Waals surface area contributed by atoms with Gasteiger partial charge in [0.1, 0.15) is 0 Å². The number of piperidine rings is 1. The van der Waals surface area contributed by atoms with Gasteiger partial charge >= 0.3 is 0 Å². The minimum absolute atomic E-state index is 0.423. The van der Waals surface area contributed by atoms with Crippen molar-refractivity contribution < 1.29 is 0 Å². The van der Waals surface area contributed by atoms with Gasteiger partial charge in [0.2, 0.25) is 0 Å². The number of anilines is 1. The molecule has 0 aromatic heterocycles. The Morgan fingerprint density at radius 2 is 1.52 bits per heavy atom. The Kier molecular flexibility index (Phi) is 3.40. The van der Waals surface area contributed by atoms with Crippen molar-refractivity contribution in [1.29, 1.82) is 0 Å². The summed E-state index contributed by atoms with van der Waals surface area (Å²) in [6.07, 6.45) is 2.56. The number of hydrogen-bond donors (Lipinski definition) is 2. The number of hydrogen-bond acceptors (Lipinski definition) is 2. The average Bonchev–Trinajstić information content (AvgIpc) is 2.96. The van der Waals surface area contributed by atoms with Crippen LogP contribution in [0.3, 0.4) is 0 Å². The topological polar surface area (TPSA) is 24.1 Å². The molecular weight excluding hydrogens is 256 g/mol. The Balaban J connectivity index is 1.73. The molecule has 2 aromatic carbocycles. The summed E-state index contributed by atoms with van der Waals surface area (Å²) in [6, 6.07) is 20.2. The van der Waals surface area contributed by atoms with Gasteiger partial charge in [0.15, 0.2) is 0 Å². The van der Waals surface area contributed by atoms with Crippen LogP contribution in [0.2, 0.25) is 0 Å². The largest absolute Gasteiger partial charge is 0.377 e. The molecule has 2 N–H and O–H groups in total. The molecule has 2 heterocycles. The molecule has 2 nitrogen and oxygen atoms in total. The lowest BCUT2D eigenvalue weighted by Crippen LogP contribution is -2.32. The molecule has 2 aliphatic rings. The van der Waals surface area contributed by atoms with Gasteiger partial charge in [-0.05, 0) is 49.0 Å². The maximum atomic E-state index is 3.78. The van der Waals surface area contributed by atoms with E-state index in [1.807, 2.05) is 0 Å². The van der Waals surface area contributed by atoms with Crippen LogP contribution in [-0.2, 0) is 0 Å². The van der Waals surface area contributed by atoms with Crippen molar-refractivity contribution >= 4 is 5.69 Å². The predicted octanol–water partition coefficient (Wildman–Crippen LogP) is 3.94. The number of nitrogens with one attached hydrogen (secondary N) is 2. The Bertz CT molecular complexity index is 602. The van der Waals surface area contributed by atoms with Crippen LogP contribution in [0.25, 0.3) is 0 Å². The molecule has 4 rings (SSSR count). The summed E-state index contributed by atoms with van der Waals surface area (Å²) in [5, 5.41) is 7.27. The van der Waals surface area contributed by atoms with Gasteiger partial charge < -0.3 is 10.6 Å². The van der Waals surface area contributed by atoms with Gasteiger partial charge in [0.05, 0.1) is 6.04 Å². The second-order valence-corrected chi connectivity index (χ2v) is 6.23. The smallest absolute Gasteiger partial charge is 0.0585 e. The predicted molar refractivity (Wildman–Crippen MR) is 87.6 cm³/mol. The second kappa shape index (κ2) is 5.53. The SMILES string of the molecule is c1ccc([C@H]2Nc3ccccc3[C@H]2C2CCNCC2)cc1. The molecule has 1 fully saturated rings. The number of rotatable bonds is 2. The number of para-hydroxylation sites is 1. The lowest BCUT2D eigenvalue weighted by atomic mass is 9.76. The first-order valence-electron chi connectivity index (χ1n) is 8.04. The first-order valence-corrected chi connectivity index (χ1v) is 8.04. The lowest BCUT2D eigenvalue weighted by molar-refractivity contribution is 0.305. The van der Waals surface area contributed by atoms with E-state index >= 15 is 0 Å². The summed E-state index contributed by atoms with van der Waals surface area (Å²) in [5.41, 5.74) is 4.25. The Morgan fingerprint density at radius 3 is 2.33 bits per heavy atom. The fourth-order valence-electron chi connectivity index (χ4n) is 4.04. The van der Waals surface area contributed by atoms with E-state index in [2.05, 4.69) is 65.2 Å². The third-order valence-electron chi connectivity index (χ3n) is 5.04. The molecular formula is C19H22N2. The van der Waals surface area contributed by atoms with Crippen molar-refractivity contribution in [3.05, 3.63) is 65.7 Å². The van der Waals surface area contributed by atoms with Crippen LogP contribution in [-0.4, -0.2) is 13.1 Å². The van der Waals surface area contributed by atoms with Crippen molar-refractivity contribution in [2.75, 3.05) is 18.4 Å². The van der Waals surface area contributed by atoms with Crippen molar-refractivity contribution in [3.63, 3.8) is 0 Å². The van der Waals surface area contributed by atoms with Crippen LogP contribution in [0.4, 0.5) is 5.69 Å². The zero-order valence-electron chi connectivity index (χ0n) is 12.3. The van der Waals surface area contributed by atoms with Gasteiger partial charge in [-0.15, -0.1) is 0 Å². The molecule has 2 aromatic rings. The number of fused-ring (bicyclic) bond motifs is 1. The second-order valence-electron chi connectivity index (χ2n) is 6.23. The molecule has 0 spiro atoms. The van der Waals surface area contributed by atoms with Crippen LogP contribution in [0, 0.1) is 5.92 Å². The summed E-state index contributed by atoms with van der Waals surface area (Å²) in [7, 11) is 0. The maximum Gasteiger partial charge on any atom is 0.0585 e. The van der Waals surface area contributed by atoms with E-state index in [4.69, 9.17) is 0 Å². The van der Waals surface area contributed by atoms with E-state index in [9.17, 15) is 0 Å². The van der Waals surface area contributed by atoms with Gasteiger partial charge in [-0.1, -0.05) is 48.5 Å². The number of benzene rings is 2. The molecule has 2 aliphatic heterocycles. The minimum atomic E-state index is 0.423. The van der Waals surface area contributed by atoms with E-state index in [0.717, 1.165) is 19.0 Å². The molecule has 0 bridgehead atoms. The minimum Gasteiger partial charge on any atom is -0.377 e. The highest BCUT2D eigenvalue weighted by Crippen LogP contribution is 2.49. The molecule has 0 unspecified atom stereocenters. The summed E-state index contributed by atoms with van der Waals surface area (Å²) in [5.74, 6) is 1.37. The van der Waals surface area contributed by atoms with Gasteiger partial charge in [-0.3, -0.25) is 0 Å². The van der Waals surface area contributed by atoms with E-state index in [1.54, 1.807) is 0 Å². The van der Waals surface area contributed by atoms with Crippen molar-refractivity contribution in [2.45, 2.75) is 24.8 Å². The Morgan fingerprint density at radius 1 is 0.810 bits per heavy atom. The molecule has 108 valence electrons. The molecule has 0 radical (unpaired) electrons. The van der Waals surface area contributed by atoms with Gasteiger partial charge in [0.25, 0.3) is 0 Å². The fraction of sp³-hybridized carbons (Fsp3) is 0.368. The molecule has 1 saturated heterocycles. The average molecular weight is 278 g/mol. The van der Waals surface area contributed by atoms with Gasteiger partial charge in [0, 0.05) is 11.6 Å². The first-order chi connectivity index (χ1) is 10.4. The monoisotopic (exact) mass is 278 g/mol. The molecule has 2 atom stereocenters. The zero-order valence-corrected chi connectivity index (χ0v) is 12.3. The van der Waals surface area contributed by atoms with Crippen molar-refractivity contribution in [1.82, 2.24) is 5.32 Å². The third kappa shape index (κ3) is 2.34. The summed E-state index contributed by atoms with van der Waals surface area (Å²) in [4.78, 5) is 0. The highest BCUT2D eigenvalue weighted by atomic mass is 15.0. The quantitative estimate of drug-likeness (QED) is 0.869. The van der Waals surface area contributed by atoms with E-state index < -0.39 is 0 Å². The van der Waals surface area contributed by atoms with Gasteiger partial charge in [-0.2, -0.15) is 0 Å². The van der Waals surface area contributed by atoms with Crippen LogP contribution < -0.4 is 10.6 Å². The van der Waals surface area contributed by atoms with Crippen LogP contribution >= 0.6 is 0 Å². The fourth-order valence-corrected chi connectivity index (χ4v) is 4.04. The normalized spacial score (nSPS) is 25.3. The lowest BCUT2D eigenvalue weighted by Gasteiger charge is -2.32. The zero-order chi connectivity index (χ0) is 14.1. The highest BCUT2D eigenvalue weighted by Gasteiger charge is 2.38. The molecule has 0 aliphatic carbocycles. The third-order valence-corrected chi connectivity index (χ3v) is 5.04. The van der Waals surface area contributed by atoms with Crippen LogP contribution in [0.15, 0.2) is 54.6 Å². The standard InChI is InChI=1S/C19H22N2/c1-2-6-15(7-3-1)19-18(14-10-12-20-13-11-14)16-8-4-5-9-17(16)21-19/h1-9,14,18-21H,10-13H2/t18-,19-/m1/s1. The molecule has 21 heavy (non-hydrogen) atoms. The summed E-state index contributed by atoms with van der Waals surface area (Å²) >= 11 is 0. The Labute approximate surface area is 126 Å². The molecule has 0 amide bonds. The van der Waals surface area contributed by atoms with Crippen LogP contribution in [0.1, 0.15) is 35.9 Å². The van der Waals surface area contributed by atoms with Gasteiger partial charge in [-0.25, -0.2) is 0 Å². The van der Waals surface area contributed by atoms with Crippen molar-refractivity contribution in [3.8, 4) is 0 Å². The van der Waals surface area contributed by atoms with Crippen molar-refractivity contribution in [2.24, 2.45) is 5.92 Å². The maximum absolute atomic E-state index is 3.78. The molecule has 2 heteroatoms. The van der Waals surface area contributed by atoms with E-state index in [1.165, 1.54) is 29.7 Å².